The maximum atomic E-state index is 5.42. The number of fused-ring (bicyclic) bond motifs is 1. The molecule has 0 N–H and O–H groups in total. The molecule has 2 rings (SSSR count). The van der Waals surface area contributed by atoms with Crippen molar-refractivity contribution >= 4 is 0 Å². The molecule has 0 aromatic carbocycles. The molecule has 0 amide bonds. The van der Waals surface area contributed by atoms with Crippen molar-refractivity contribution in [3.8, 4) is 0 Å². The predicted octanol–water partition coefficient (Wildman–Crippen LogP) is 0.659. The van der Waals surface area contributed by atoms with Crippen LogP contribution in [0.2, 0.25) is 0 Å². The summed E-state index contributed by atoms with van der Waals surface area (Å²) in [5, 5.41) is 0. The van der Waals surface area contributed by atoms with Gasteiger partial charge in [-0.1, -0.05) is 13.8 Å². The number of rotatable bonds is 0. The van der Waals surface area contributed by atoms with E-state index < -0.39 is 0 Å². The molecular formula is C10H22N2O. The van der Waals surface area contributed by atoms with Gasteiger partial charge >= 0.3 is 0 Å². The molecule has 0 spiro atoms. The Kier molecular flexibility index (Phi) is 4.70. The van der Waals surface area contributed by atoms with Crippen LogP contribution < -0.4 is 0 Å². The van der Waals surface area contributed by atoms with Crippen LogP contribution in [-0.2, 0) is 4.74 Å². The first-order valence-electron chi connectivity index (χ1n) is 5.36. The molecule has 78 valence electrons. The van der Waals surface area contributed by atoms with Crippen LogP contribution in [-0.4, -0.2) is 62.3 Å². The molecule has 13 heavy (non-hydrogen) atoms. The fourth-order valence-electron chi connectivity index (χ4n) is 1.90. The number of piperazine rings is 1. The molecule has 2 aliphatic heterocycles. The average Bonchev–Trinajstić information content (AvgIpc) is 2.21. The van der Waals surface area contributed by atoms with E-state index in [4.69, 9.17) is 4.74 Å². The van der Waals surface area contributed by atoms with Crippen LogP contribution >= 0.6 is 0 Å². The van der Waals surface area contributed by atoms with E-state index in [2.05, 4.69) is 16.8 Å². The highest BCUT2D eigenvalue weighted by Crippen LogP contribution is 2.11. The molecule has 0 aromatic rings. The van der Waals surface area contributed by atoms with E-state index in [1.165, 1.54) is 19.6 Å². The molecule has 1 atom stereocenters. The SMILES string of the molecule is CC.CN1CCN2CCOCC2C1. The van der Waals surface area contributed by atoms with Crippen LogP contribution in [0, 0.1) is 0 Å². The molecule has 0 aliphatic carbocycles. The highest BCUT2D eigenvalue weighted by atomic mass is 16.5. The van der Waals surface area contributed by atoms with Crippen LogP contribution in [0.3, 0.4) is 0 Å². The second-order valence-electron chi connectivity index (χ2n) is 3.53. The zero-order valence-electron chi connectivity index (χ0n) is 9.12. The van der Waals surface area contributed by atoms with Gasteiger partial charge in [0.25, 0.3) is 0 Å². The number of nitrogens with zero attached hydrogens (tertiary/aromatic N) is 2. The zero-order valence-corrected chi connectivity index (χ0v) is 9.12. The summed E-state index contributed by atoms with van der Waals surface area (Å²) in [6, 6.07) is 0.669. The monoisotopic (exact) mass is 186 g/mol. The van der Waals surface area contributed by atoms with E-state index in [0.717, 1.165) is 19.8 Å². The molecule has 2 heterocycles. The van der Waals surface area contributed by atoms with E-state index in [1.807, 2.05) is 13.8 Å². The second kappa shape index (κ2) is 5.58. The second-order valence-corrected chi connectivity index (χ2v) is 3.53. The van der Waals surface area contributed by atoms with Crippen molar-refractivity contribution in [2.24, 2.45) is 0 Å². The largest absolute Gasteiger partial charge is 0.378 e. The number of hydrogen-bond donors (Lipinski definition) is 0. The number of hydrogen-bond acceptors (Lipinski definition) is 3. The van der Waals surface area contributed by atoms with Gasteiger partial charge < -0.3 is 9.64 Å². The lowest BCUT2D eigenvalue weighted by Gasteiger charge is -2.42. The minimum Gasteiger partial charge on any atom is -0.378 e. The third kappa shape index (κ3) is 2.93. The Labute approximate surface area is 81.7 Å². The standard InChI is InChI=1S/C8H16N2O.C2H6/c1-9-2-3-10-4-5-11-7-8(10)6-9;1-2/h8H,2-7H2,1H3;1-2H3. The summed E-state index contributed by atoms with van der Waals surface area (Å²) in [7, 11) is 2.19. The summed E-state index contributed by atoms with van der Waals surface area (Å²) in [5.74, 6) is 0. The van der Waals surface area contributed by atoms with Gasteiger partial charge in [0, 0.05) is 32.2 Å². The summed E-state index contributed by atoms with van der Waals surface area (Å²) in [5.41, 5.74) is 0. The van der Waals surface area contributed by atoms with Crippen molar-refractivity contribution in [3.05, 3.63) is 0 Å². The number of ether oxygens (including phenoxy) is 1. The van der Waals surface area contributed by atoms with Crippen molar-refractivity contribution in [1.82, 2.24) is 9.80 Å². The summed E-state index contributed by atoms with van der Waals surface area (Å²) in [4.78, 5) is 4.93. The number of morpholine rings is 1. The smallest absolute Gasteiger partial charge is 0.0634 e. The topological polar surface area (TPSA) is 15.7 Å². The molecule has 1 unspecified atom stereocenters. The van der Waals surface area contributed by atoms with Crippen LogP contribution in [0.25, 0.3) is 0 Å². The molecule has 3 heteroatoms. The third-order valence-electron chi connectivity index (χ3n) is 2.64. The average molecular weight is 186 g/mol. The quantitative estimate of drug-likeness (QED) is 0.553. The fourth-order valence-corrected chi connectivity index (χ4v) is 1.90. The van der Waals surface area contributed by atoms with E-state index in [0.29, 0.717) is 6.04 Å². The highest BCUT2D eigenvalue weighted by Gasteiger charge is 2.27. The van der Waals surface area contributed by atoms with Gasteiger partial charge in [-0.3, -0.25) is 4.90 Å². The maximum Gasteiger partial charge on any atom is 0.0634 e. The lowest BCUT2D eigenvalue weighted by atomic mass is 10.1. The molecular weight excluding hydrogens is 164 g/mol. The first-order chi connectivity index (χ1) is 6.36. The Balaban J connectivity index is 0.000000396. The molecule has 2 aliphatic rings. The van der Waals surface area contributed by atoms with E-state index >= 15 is 0 Å². The normalized spacial score (nSPS) is 30.2. The third-order valence-corrected chi connectivity index (χ3v) is 2.64. The summed E-state index contributed by atoms with van der Waals surface area (Å²) in [6.07, 6.45) is 0. The Bertz CT molecular complexity index is 141. The van der Waals surface area contributed by atoms with Crippen molar-refractivity contribution < 1.29 is 4.74 Å². The van der Waals surface area contributed by atoms with Crippen LogP contribution in [0.4, 0.5) is 0 Å². The van der Waals surface area contributed by atoms with Gasteiger partial charge in [0.15, 0.2) is 0 Å². The van der Waals surface area contributed by atoms with E-state index in [1.54, 1.807) is 0 Å². The van der Waals surface area contributed by atoms with Gasteiger partial charge in [-0.15, -0.1) is 0 Å². The maximum absolute atomic E-state index is 5.42. The first-order valence-corrected chi connectivity index (χ1v) is 5.36. The van der Waals surface area contributed by atoms with Gasteiger partial charge in [0.1, 0.15) is 0 Å². The minimum absolute atomic E-state index is 0.669. The predicted molar refractivity (Wildman–Crippen MR) is 55.0 cm³/mol. The zero-order chi connectivity index (χ0) is 9.68. The van der Waals surface area contributed by atoms with Crippen molar-refractivity contribution in [2.45, 2.75) is 19.9 Å². The highest BCUT2D eigenvalue weighted by molar-refractivity contribution is 4.82. The summed E-state index contributed by atoms with van der Waals surface area (Å²) < 4.78 is 5.42. The molecule has 0 bridgehead atoms. The molecule has 3 nitrogen and oxygen atoms in total. The summed E-state index contributed by atoms with van der Waals surface area (Å²) in [6.45, 7) is 10.6. The van der Waals surface area contributed by atoms with Gasteiger partial charge in [-0.05, 0) is 7.05 Å². The molecule has 0 saturated carbocycles. The fraction of sp³-hybridized carbons (Fsp3) is 1.00. The number of likely N-dealkylation sites (N-methyl/N-ethyl adjacent to an activating group) is 1. The lowest BCUT2D eigenvalue weighted by Crippen LogP contribution is -2.56. The Morgan fingerprint density at radius 3 is 2.69 bits per heavy atom. The molecule has 2 saturated heterocycles. The van der Waals surface area contributed by atoms with Gasteiger partial charge in [0.05, 0.1) is 13.2 Å². The Hall–Kier alpha value is -0.120. The molecule has 0 aromatic heterocycles. The van der Waals surface area contributed by atoms with Gasteiger partial charge in [-0.25, -0.2) is 0 Å². The molecule has 2 fully saturated rings. The van der Waals surface area contributed by atoms with Crippen LogP contribution in [0.15, 0.2) is 0 Å². The minimum atomic E-state index is 0.669. The molecule has 0 radical (unpaired) electrons. The van der Waals surface area contributed by atoms with Gasteiger partial charge in [0.2, 0.25) is 0 Å². The van der Waals surface area contributed by atoms with Crippen LogP contribution in [0.1, 0.15) is 13.8 Å². The van der Waals surface area contributed by atoms with Gasteiger partial charge in [-0.2, -0.15) is 0 Å². The van der Waals surface area contributed by atoms with Crippen molar-refractivity contribution in [1.29, 1.82) is 0 Å². The van der Waals surface area contributed by atoms with Crippen molar-refractivity contribution in [3.63, 3.8) is 0 Å². The summed E-state index contributed by atoms with van der Waals surface area (Å²) >= 11 is 0. The van der Waals surface area contributed by atoms with E-state index in [-0.39, 0.29) is 0 Å². The van der Waals surface area contributed by atoms with Crippen LogP contribution in [0.5, 0.6) is 0 Å². The first kappa shape index (κ1) is 11.0. The Morgan fingerprint density at radius 1 is 1.15 bits per heavy atom. The Morgan fingerprint density at radius 2 is 1.92 bits per heavy atom. The van der Waals surface area contributed by atoms with Crippen molar-refractivity contribution in [2.75, 3.05) is 46.4 Å². The lowest BCUT2D eigenvalue weighted by molar-refractivity contribution is -0.0397. The van der Waals surface area contributed by atoms with E-state index in [9.17, 15) is 0 Å².